The van der Waals surface area contributed by atoms with Crippen LogP contribution in [0.2, 0.25) is 10.0 Å². The van der Waals surface area contributed by atoms with E-state index in [-0.39, 0.29) is 6.61 Å². The number of ether oxygens (including phenoxy) is 3. The average molecular weight is 439 g/mol. The molecular formula is C21H24Cl2N2O4. The van der Waals surface area contributed by atoms with Gasteiger partial charge < -0.3 is 19.3 Å². The van der Waals surface area contributed by atoms with Crippen LogP contribution in [-0.2, 0) is 6.54 Å². The highest BCUT2D eigenvalue weighted by molar-refractivity contribution is 6.35. The molecule has 0 saturated carbocycles. The van der Waals surface area contributed by atoms with Crippen LogP contribution < -0.4 is 14.2 Å². The molecule has 2 aliphatic heterocycles. The van der Waals surface area contributed by atoms with E-state index in [4.69, 9.17) is 37.4 Å². The number of benzene rings is 2. The molecule has 2 aromatic rings. The Balaban J connectivity index is 1.19. The van der Waals surface area contributed by atoms with E-state index in [1.54, 1.807) is 18.2 Å². The number of aliphatic hydroxyl groups is 1. The Bertz CT molecular complexity index is 843. The fourth-order valence-electron chi connectivity index (χ4n) is 3.56. The first kappa shape index (κ1) is 20.6. The van der Waals surface area contributed by atoms with E-state index in [0.29, 0.717) is 29.1 Å². The van der Waals surface area contributed by atoms with Crippen molar-refractivity contribution in [2.24, 2.45) is 0 Å². The Hall–Kier alpha value is -1.70. The number of hydrogen-bond acceptors (Lipinski definition) is 6. The van der Waals surface area contributed by atoms with Crippen molar-refractivity contribution < 1.29 is 19.3 Å². The molecular weight excluding hydrogens is 415 g/mol. The van der Waals surface area contributed by atoms with Crippen LogP contribution in [-0.4, -0.2) is 67.1 Å². The van der Waals surface area contributed by atoms with Crippen molar-refractivity contribution in [2.45, 2.75) is 12.6 Å². The third-order valence-corrected chi connectivity index (χ3v) is 5.63. The molecule has 0 aromatic heterocycles. The summed E-state index contributed by atoms with van der Waals surface area (Å²) in [6.45, 7) is 5.66. The maximum atomic E-state index is 10.3. The van der Waals surface area contributed by atoms with E-state index in [1.165, 1.54) is 5.56 Å². The molecule has 1 fully saturated rings. The summed E-state index contributed by atoms with van der Waals surface area (Å²) in [4.78, 5) is 4.66. The zero-order valence-corrected chi connectivity index (χ0v) is 17.5. The van der Waals surface area contributed by atoms with Crippen LogP contribution in [0.5, 0.6) is 17.2 Å². The van der Waals surface area contributed by atoms with Gasteiger partial charge in [-0.15, -0.1) is 0 Å². The van der Waals surface area contributed by atoms with E-state index in [2.05, 4.69) is 21.9 Å². The molecule has 6 nitrogen and oxygen atoms in total. The van der Waals surface area contributed by atoms with Crippen LogP contribution >= 0.6 is 23.2 Å². The Morgan fingerprint density at radius 3 is 2.52 bits per heavy atom. The number of nitrogens with zero attached hydrogens (tertiary/aromatic N) is 2. The fraction of sp³-hybridized carbons (Fsp3) is 0.429. The standard InChI is InChI=1S/C21H24Cl2N2O4/c22-16-2-4-19(18(23)10-16)27-13-17(26)12-25-7-5-24(6-8-25)11-15-1-3-20-21(9-15)29-14-28-20/h1-4,9-10,17,26H,5-8,11-14H2/t17-/m0/s1. The van der Waals surface area contributed by atoms with Crippen molar-refractivity contribution >= 4 is 23.2 Å². The molecule has 0 amide bonds. The molecule has 2 aliphatic rings. The number of piperazine rings is 1. The summed E-state index contributed by atoms with van der Waals surface area (Å²) in [5, 5.41) is 11.3. The molecule has 0 radical (unpaired) electrons. The van der Waals surface area contributed by atoms with Crippen molar-refractivity contribution in [3.63, 3.8) is 0 Å². The van der Waals surface area contributed by atoms with Gasteiger partial charge in [0, 0.05) is 44.3 Å². The maximum Gasteiger partial charge on any atom is 0.231 e. The van der Waals surface area contributed by atoms with Gasteiger partial charge >= 0.3 is 0 Å². The van der Waals surface area contributed by atoms with Crippen molar-refractivity contribution in [3.05, 3.63) is 52.0 Å². The molecule has 2 aromatic carbocycles. The van der Waals surface area contributed by atoms with Crippen molar-refractivity contribution in [3.8, 4) is 17.2 Å². The smallest absolute Gasteiger partial charge is 0.231 e. The van der Waals surface area contributed by atoms with E-state index < -0.39 is 6.10 Å². The lowest BCUT2D eigenvalue weighted by atomic mass is 10.1. The average Bonchev–Trinajstić information content (AvgIpc) is 3.17. The molecule has 8 heteroatoms. The van der Waals surface area contributed by atoms with Gasteiger partial charge in [0.25, 0.3) is 0 Å². The molecule has 0 aliphatic carbocycles. The highest BCUT2D eigenvalue weighted by Gasteiger charge is 2.21. The summed E-state index contributed by atoms with van der Waals surface area (Å²) in [5.74, 6) is 2.17. The quantitative estimate of drug-likeness (QED) is 0.715. The predicted octanol–water partition coefficient (Wildman–Crippen LogP) is 3.28. The normalized spacial score (nSPS) is 18.0. The number of rotatable bonds is 7. The van der Waals surface area contributed by atoms with Crippen LogP contribution in [0.3, 0.4) is 0 Å². The predicted molar refractivity (Wildman–Crippen MR) is 112 cm³/mol. The van der Waals surface area contributed by atoms with Gasteiger partial charge in [-0.25, -0.2) is 0 Å². The second-order valence-corrected chi connectivity index (χ2v) is 8.15. The summed E-state index contributed by atoms with van der Waals surface area (Å²) in [6.07, 6.45) is -0.581. The molecule has 29 heavy (non-hydrogen) atoms. The lowest BCUT2D eigenvalue weighted by Crippen LogP contribution is -2.48. The van der Waals surface area contributed by atoms with Gasteiger partial charge in [-0.05, 0) is 35.9 Å². The van der Waals surface area contributed by atoms with E-state index in [1.807, 2.05) is 6.07 Å². The van der Waals surface area contributed by atoms with E-state index in [9.17, 15) is 5.11 Å². The highest BCUT2D eigenvalue weighted by Crippen LogP contribution is 2.33. The third kappa shape index (κ3) is 5.47. The monoisotopic (exact) mass is 438 g/mol. The molecule has 0 unspecified atom stereocenters. The molecule has 0 bridgehead atoms. The van der Waals surface area contributed by atoms with Crippen molar-refractivity contribution in [2.75, 3.05) is 46.1 Å². The van der Waals surface area contributed by atoms with Crippen LogP contribution in [0.15, 0.2) is 36.4 Å². The maximum absolute atomic E-state index is 10.3. The summed E-state index contributed by atoms with van der Waals surface area (Å²) in [6, 6.07) is 11.2. The molecule has 4 rings (SSSR count). The lowest BCUT2D eigenvalue weighted by molar-refractivity contribution is 0.0446. The first-order chi connectivity index (χ1) is 14.1. The minimum atomic E-state index is -0.581. The van der Waals surface area contributed by atoms with Crippen LogP contribution in [0, 0.1) is 0 Å². The lowest BCUT2D eigenvalue weighted by Gasteiger charge is -2.35. The summed E-state index contributed by atoms with van der Waals surface area (Å²) in [5.41, 5.74) is 1.22. The van der Waals surface area contributed by atoms with Crippen molar-refractivity contribution in [1.29, 1.82) is 0 Å². The highest BCUT2D eigenvalue weighted by atomic mass is 35.5. The Morgan fingerprint density at radius 1 is 0.966 bits per heavy atom. The second-order valence-electron chi connectivity index (χ2n) is 7.30. The van der Waals surface area contributed by atoms with Crippen LogP contribution in [0.4, 0.5) is 0 Å². The zero-order chi connectivity index (χ0) is 20.2. The first-order valence-corrected chi connectivity index (χ1v) is 10.4. The number of fused-ring (bicyclic) bond motifs is 1. The third-order valence-electron chi connectivity index (χ3n) is 5.10. The minimum absolute atomic E-state index is 0.193. The summed E-state index contributed by atoms with van der Waals surface area (Å²) >= 11 is 12.0. The van der Waals surface area contributed by atoms with Gasteiger partial charge in [-0.2, -0.15) is 0 Å². The number of β-amino-alcohol motifs (C(OH)–C–C–N with tert-alkyl or cyclic N) is 1. The summed E-state index contributed by atoms with van der Waals surface area (Å²) < 4.78 is 16.5. The van der Waals surface area contributed by atoms with Crippen LogP contribution in [0.1, 0.15) is 5.56 Å². The van der Waals surface area contributed by atoms with Gasteiger partial charge in [0.15, 0.2) is 11.5 Å². The second kappa shape index (κ2) is 9.41. The van der Waals surface area contributed by atoms with E-state index in [0.717, 1.165) is 44.2 Å². The van der Waals surface area contributed by atoms with Gasteiger partial charge in [0.2, 0.25) is 6.79 Å². The molecule has 1 atom stereocenters. The Kier molecular flexibility index (Phi) is 6.67. The SMILES string of the molecule is O[C@H](COc1ccc(Cl)cc1Cl)CN1CCN(Cc2ccc3c(c2)OCO3)CC1. The molecule has 1 saturated heterocycles. The minimum Gasteiger partial charge on any atom is -0.489 e. The first-order valence-electron chi connectivity index (χ1n) is 9.66. The Morgan fingerprint density at radius 2 is 1.72 bits per heavy atom. The molecule has 1 N–H and O–H groups in total. The summed E-state index contributed by atoms with van der Waals surface area (Å²) in [7, 11) is 0. The number of aliphatic hydroxyl groups excluding tert-OH is 1. The molecule has 156 valence electrons. The van der Waals surface area contributed by atoms with Gasteiger partial charge in [0.05, 0.1) is 5.02 Å². The van der Waals surface area contributed by atoms with Gasteiger partial charge in [-0.1, -0.05) is 29.3 Å². The molecule has 2 heterocycles. The largest absolute Gasteiger partial charge is 0.489 e. The molecule has 0 spiro atoms. The Labute approximate surface area is 180 Å². The topological polar surface area (TPSA) is 54.4 Å². The van der Waals surface area contributed by atoms with Gasteiger partial charge in [0.1, 0.15) is 18.5 Å². The fourth-order valence-corrected chi connectivity index (χ4v) is 4.02. The van der Waals surface area contributed by atoms with E-state index >= 15 is 0 Å². The number of halogens is 2. The van der Waals surface area contributed by atoms with Crippen molar-refractivity contribution in [1.82, 2.24) is 9.80 Å². The van der Waals surface area contributed by atoms with Gasteiger partial charge in [-0.3, -0.25) is 9.80 Å². The zero-order valence-electron chi connectivity index (χ0n) is 16.0. The van der Waals surface area contributed by atoms with Crippen LogP contribution in [0.25, 0.3) is 0 Å². The number of hydrogen-bond donors (Lipinski definition) is 1.